The molecule has 0 aliphatic carbocycles. The number of aromatic nitrogens is 1. The number of halogens is 2. The number of nitrogens with one attached hydrogen (secondary N) is 1. The molecule has 0 saturated carbocycles. The van der Waals surface area contributed by atoms with E-state index in [9.17, 15) is 14.0 Å². The minimum absolute atomic E-state index is 0.0291. The number of carbonyl (C=O) groups excluding carboxylic acids is 2. The predicted molar refractivity (Wildman–Crippen MR) is 171 cm³/mol. The molecule has 2 aromatic carbocycles. The Morgan fingerprint density at radius 1 is 1.16 bits per heavy atom. The van der Waals surface area contributed by atoms with Crippen molar-refractivity contribution in [2.45, 2.75) is 38.5 Å². The Bertz CT molecular complexity index is 1660. The van der Waals surface area contributed by atoms with Gasteiger partial charge in [-0.2, -0.15) is 0 Å². The van der Waals surface area contributed by atoms with E-state index in [0.29, 0.717) is 54.8 Å². The van der Waals surface area contributed by atoms with Crippen LogP contribution in [0.4, 0.5) is 14.9 Å². The monoisotopic (exact) mass is 652 g/mol. The molecule has 3 aliphatic heterocycles. The fourth-order valence-corrected chi connectivity index (χ4v) is 6.73. The quantitative estimate of drug-likeness (QED) is 0.348. The van der Waals surface area contributed by atoms with E-state index in [1.807, 2.05) is 55.3 Å². The second kappa shape index (κ2) is 12.4. The van der Waals surface area contributed by atoms with Crippen LogP contribution in [0.3, 0.4) is 0 Å². The van der Waals surface area contributed by atoms with Crippen LogP contribution >= 0.6 is 22.9 Å². The summed E-state index contributed by atoms with van der Waals surface area (Å²) in [4.78, 5) is 41.8. The van der Waals surface area contributed by atoms with Crippen LogP contribution in [0.25, 0.3) is 0 Å². The van der Waals surface area contributed by atoms with Crippen molar-refractivity contribution in [3.05, 3.63) is 86.7 Å². The summed E-state index contributed by atoms with van der Waals surface area (Å²) in [5.41, 5.74) is 1.86. The van der Waals surface area contributed by atoms with Crippen LogP contribution in [0.5, 0.6) is 5.75 Å². The zero-order valence-electron chi connectivity index (χ0n) is 25.4. The molecule has 45 heavy (non-hydrogen) atoms. The van der Waals surface area contributed by atoms with Gasteiger partial charge in [-0.3, -0.25) is 14.8 Å². The summed E-state index contributed by atoms with van der Waals surface area (Å²) in [6, 6.07) is 10.7. The van der Waals surface area contributed by atoms with Gasteiger partial charge >= 0.3 is 12.0 Å². The van der Waals surface area contributed by atoms with Crippen molar-refractivity contribution in [1.29, 1.82) is 0 Å². The van der Waals surface area contributed by atoms with E-state index in [1.54, 1.807) is 11.1 Å². The van der Waals surface area contributed by atoms with Crippen LogP contribution in [0.2, 0.25) is 5.02 Å². The predicted octanol–water partition coefficient (Wildman–Crippen LogP) is 5.26. The van der Waals surface area contributed by atoms with Gasteiger partial charge in [0, 0.05) is 66.3 Å². The highest BCUT2D eigenvalue weighted by Crippen LogP contribution is 2.37. The van der Waals surface area contributed by atoms with E-state index < -0.39 is 17.8 Å². The van der Waals surface area contributed by atoms with Crippen molar-refractivity contribution < 1.29 is 23.5 Å². The van der Waals surface area contributed by atoms with Gasteiger partial charge in [-0.15, -0.1) is 11.3 Å². The van der Waals surface area contributed by atoms with Crippen LogP contribution < -0.4 is 15.0 Å². The molecule has 6 rings (SSSR count). The third-order valence-corrected chi connectivity index (χ3v) is 8.92. The lowest BCUT2D eigenvalue weighted by molar-refractivity contribution is -0.136. The number of nitrogens with zero attached hydrogens (tertiary/aromatic N) is 5. The van der Waals surface area contributed by atoms with Gasteiger partial charge in [-0.1, -0.05) is 17.7 Å². The lowest BCUT2D eigenvalue weighted by Gasteiger charge is -2.38. The van der Waals surface area contributed by atoms with E-state index >= 15 is 0 Å². The molecular weight excluding hydrogens is 619 g/mol. The van der Waals surface area contributed by atoms with Gasteiger partial charge in [-0.05, 0) is 57.2 Å². The number of urea groups is 1. The number of amides is 2. The summed E-state index contributed by atoms with van der Waals surface area (Å²) >= 11 is 7.89. The van der Waals surface area contributed by atoms with Gasteiger partial charge in [-0.25, -0.2) is 19.0 Å². The summed E-state index contributed by atoms with van der Waals surface area (Å²) in [7, 11) is 1.32. The van der Waals surface area contributed by atoms with Crippen molar-refractivity contribution in [2.75, 3.05) is 44.7 Å². The lowest BCUT2D eigenvalue weighted by Crippen LogP contribution is -2.53. The lowest BCUT2D eigenvalue weighted by atomic mass is 9.95. The Labute approximate surface area is 270 Å². The molecule has 1 N–H and O–H groups in total. The zero-order chi connectivity index (χ0) is 31.9. The van der Waals surface area contributed by atoms with Crippen LogP contribution in [-0.4, -0.2) is 84.1 Å². The zero-order valence-corrected chi connectivity index (χ0v) is 27.0. The van der Waals surface area contributed by atoms with Gasteiger partial charge in [0.2, 0.25) is 0 Å². The largest absolute Gasteiger partial charge is 0.488 e. The fourth-order valence-electron chi connectivity index (χ4n) is 5.87. The molecule has 13 heteroatoms. The van der Waals surface area contributed by atoms with Crippen LogP contribution in [-0.2, 0) is 9.53 Å². The topological polar surface area (TPSA) is 99.6 Å². The molecule has 0 bridgehead atoms. The number of thiazole rings is 1. The molecule has 236 valence electrons. The Hall–Kier alpha value is -4.00. The molecular formula is C32H34ClFN6O4S. The summed E-state index contributed by atoms with van der Waals surface area (Å²) < 4.78 is 25.1. The second-order valence-electron chi connectivity index (χ2n) is 12.1. The standard InChI is InChI=1S/C32H34ClFN6O4S/c1-32(2,3)44-22-8-6-20(7-9-22)40-17-21-16-38(12-13-39(21)31(40)42)18-25-26(30(41)43-4)27(23-10-5-19(34)15-24(23)33)37-28(36-25)29-35-11-14-45-29/h5-11,14-15,21,27H,12-13,16-18H2,1-4H3,(H,36,37)/t21-,27-/m0/s1. The number of carbonyl (C=O) groups is 2. The molecule has 3 aromatic rings. The molecule has 0 unspecified atom stereocenters. The van der Waals surface area contributed by atoms with E-state index in [2.05, 4.69) is 15.2 Å². The smallest absolute Gasteiger partial charge is 0.338 e. The Morgan fingerprint density at radius 3 is 2.60 bits per heavy atom. The summed E-state index contributed by atoms with van der Waals surface area (Å²) in [5.74, 6) is 0.178. The maximum absolute atomic E-state index is 14.0. The molecule has 2 amide bonds. The van der Waals surface area contributed by atoms with Crippen molar-refractivity contribution >= 4 is 46.5 Å². The van der Waals surface area contributed by atoms with Crippen molar-refractivity contribution in [2.24, 2.45) is 4.99 Å². The second-order valence-corrected chi connectivity index (χ2v) is 13.4. The van der Waals surface area contributed by atoms with Gasteiger partial charge in [0.05, 0.1) is 18.7 Å². The average Bonchev–Trinajstić information content (AvgIpc) is 3.65. The van der Waals surface area contributed by atoms with E-state index in [4.69, 9.17) is 26.1 Å². The Balaban J connectivity index is 1.25. The highest BCUT2D eigenvalue weighted by atomic mass is 35.5. The molecule has 2 atom stereocenters. The fraction of sp³-hybridized carbons (Fsp3) is 0.375. The number of piperazine rings is 1. The van der Waals surface area contributed by atoms with E-state index in [1.165, 1.54) is 36.6 Å². The summed E-state index contributed by atoms with van der Waals surface area (Å²) in [5, 5.41) is 5.97. The molecule has 4 heterocycles. The number of hydrogen-bond donors (Lipinski definition) is 1. The van der Waals surface area contributed by atoms with E-state index in [0.717, 1.165) is 11.4 Å². The van der Waals surface area contributed by atoms with Crippen molar-refractivity contribution in [3.8, 4) is 5.75 Å². The molecule has 2 saturated heterocycles. The van der Waals surface area contributed by atoms with Gasteiger partial charge < -0.3 is 19.7 Å². The number of anilines is 1. The Morgan fingerprint density at radius 2 is 1.93 bits per heavy atom. The molecule has 10 nitrogen and oxygen atoms in total. The maximum atomic E-state index is 14.0. The number of benzene rings is 2. The number of ether oxygens (including phenoxy) is 2. The highest BCUT2D eigenvalue weighted by Gasteiger charge is 2.42. The summed E-state index contributed by atoms with van der Waals surface area (Å²) in [6.07, 6.45) is 1.68. The number of fused-ring (bicyclic) bond motifs is 1. The molecule has 2 fully saturated rings. The maximum Gasteiger partial charge on any atom is 0.338 e. The number of hydrogen-bond acceptors (Lipinski definition) is 9. The average molecular weight is 653 g/mol. The molecule has 0 spiro atoms. The number of methoxy groups -OCH3 is 1. The first-order valence-corrected chi connectivity index (χ1v) is 15.9. The first-order chi connectivity index (χ1) is 21.5. The Kier molecular flexibility index (Phi) is 8.55. The molecule has 1 aromatic heterocycles. The first-order valence-electron chi connectivity index (χ1n) is 14.6. The van der Waals surface area contributed by atoms with Crippen LogP contribution in [0.1, 0.15) is 37.4 Å². The minimum Gasteiger partial charge on any atom is -0.488 e. The third-order valence-electron chi connectivity index (χ3n) is 7.81. The van der Waals surface area contributed by atoms with Gasteiger partial charge in [0.1, 0.15) is 23.2 Å². The third kappa shape index (κ3) is 6.54. The van der Waals surface area contributed by atoms with Crippen molar-refractivity contribution in [1.82, 2.24) is 20.1 Å². The first kappa shape index (κ1) is 31.0. The molecule has 3 aliphatic rings. The normalized spacial score (nSPS) is 20.6. The molecule has 0 radical (unpaired) electrons. The number of amidine groups is 1. The van der Waals surface area contributed by atoms with Crippen molar-refractivity contribution in [3.63, 3.8) is 0 Å². The SMILES string of the molecule is COC(=O)C1=C(CN2CCN3C(=O)N(c4ccc(OC(C)(C)C)cc4)C[C@@H]3C2)NC(c2nccs2)=N[C@H]1c1ccc(F)cc1Cl. The summed E-state index contributed by atoms with van der Waals surface area (Å²) in [6.45, 7) is 8.60. The highest BCUT2D eigenvalue weighted by molar-refractivity contribution is 7.11. The number of esters is 1. The van der Waals surface area contributed by atoms with E-state index in [-0.39, 0.29) is 28.3 Å². The number of aliphatic imine (C=N–C) groups is 1. The van der Waals surface area contributed by atoms with Crippen LogP contribution in [0.15, 0.2) is 70.3 Å². The van der Waals surface area contributed by atoms with Crippen LogP contribution in [0, 0.1) is 5.82 Å². The number of rotatable bonds is 7. The van der Waals surface area contributed by atoms with Gasteiger partial charge in [0.25, 0.3) is 0 Å². The minimum atomic E-state index is -0.837. The van der Waals surface area contributed by atoms with Gasteiger partial charge in [0.15, 0.2) is 10.8 Å².